The van der Waals surface area contributed by atoms with Crippen LogP contribution in [0.5, 0.6) is 0 Å². The van der Waals surface area contributed by atoms with E-state index in [0.717, 1.165) is 30.6 Å². The van der Waals surface area contributed by atoms with Gasteiger partial charge in [-0.25, -0.2) is 0 Å². The van der Waals surface area contributed by atoms with Crippen molar-refractivity contribution in [3.8, 4) is 0 Å². The lowest BCUT2D eigenvalue weighted by Crippen LogP contribution is -2.56. The fourth-order valence-electron chi connectivity index (χ4n) is 8.24. The van der Waals surface area contributed by atoms with Gasteiger partial charge in [0.25, 0.3) is 0 Å². The van der Waals surface area contributed by atoms with Crippen LogP contribution in [0.4, 0.5) is 0 Å². The zero-order valence-corrected chi connectivity index (χ0v) is 15.6. The van der Waals surface area contributed by atoms with Gasteiger partial charge in [-0.2, -0.15) is 0 Å². The monoisotopic (exact) mass is 346 g/mol. The van der Waals surface area contributed by atoms with E-state index in [1.54, 1.807) is 0 Å². The Morgan fingerprint density at radius 3 is 2.72 bits per heavy atom. The maximum absolute atomic E-state index is 11.7. The molecule has 0 aromatic heterocycles. The Labute approximate surface area is 150 Å². The van der Waals surface area contributed by atoms with Crippen molar-refractivity contribution in [2.75, 3.05) is 0 Å². The smallest absolute Gasteiger partial charge is 0.305 e. The van der Waals surface area contributed by atoms with Gasteiger partial charge < -0.3 is 14.2 Å². The molecule has 0 spiro atoms. The van der Waals surface area contributed by atoms with Crippen LogP contribution in [0, 0.1) is 34.5 Å². The van der Waals surface area contributed by atoms with Gasteiger partial charge in [0.15, 0.2) is 0 Å². The summed E-state index contributed by atoms with van der Waals surface area (Å²) in [6.45, 7) is 6.44. The van der Waals surface area contributed by atoms with Crippen LogP contribution in [-0.4, -0.2) is 30.1 Å². The number of carbonyl (C=O) groups excluding carboxylic acids is 1. The van der Waals surface area contributed by atoms with E-state index in [1.807, 2.05) is 0 Å². The highest BCUT2D eigenvalue weighted by molar-refractivity contribution is 5.67. The maximum Gasteiger partial charge on any atom is 0.305 e. The van der Waals surface area contributed by atoms with Crippen LogP contribution in [0.2, 0.25) is 0 Å². The van der Waals surface area contributed by atoms with Gasteiger partial charge in [0.05, 0.1) is 12.2 Å². The van der Waals surface area contributed by atoms with Gasteiger partial charge in [-0.1, -0.05) is 13.8 Å². The summed E-state index contributed by atoms with van der Waals surface area (Å²) in [6, 6.07) is 0. The molecule has 25 heavy (non-hydrogen) atoms. The second kappa shape index (κ2) is 4.44. The van der Waals surface area contributed by atoms with Crippen LogP contribution in [0.15, 0.2) is 0 Å². The highest BCUT2D eigenvalue weighted by Gasteiger charge is 2.80. The van der Waals surface area contributed by atoms with E-state index < -0.39 is 5.79 Å². The van der Waals surface area contributed by atoms with E-state index in [0.29, 0.717) is 23.5 Å². The molecule has 138 valence electrons. The van der Waals surface area contributed by atoms with Crippen molar-refractivity contribution < 1.29 is 19.0 Å². The highest BCUT2D eigenvalue weighted by Crippen LogP contribution is 2.74. The van der Waals surface area contributed by atoms with Crippen LogP contribution in [0.1, 0.15) is 65.7 Å². The molecule has 6 rings (SSSR count). The molecule has 4 heteroatoms. The van der Waals surface area contributed by atoms with Gasteiger partial charge >= 0.3 is 5.97 Å². The predicted molar refractivity (Wildman–Crippen MR) is 90.5 cm³/mol. The first-order chi connectivity index (χ1) is 11.9. The summed E-state index contributed by atoms with van der Waals surface area (Å²) in [6.07, 6.45) is 10.1. The third-order valence-corrected chi connectivity index (χ3v) is 9.54. The van der Waals surface area contributed by atoms with Crippen LogP contribution < -0.4 is 0 Å². The number of carbonyl (C=O) groups is 1. The molecule has 0 N–H and O–H groups in total. The molecule has 2 heterocycles. The Hall–Kier alpha value is -0.610. The van der Waals surface area contributed by atoms with Crippen molar-refractivity contribution in [2.45, 2.75) is 89.8 Å². The molecule has 6 aliphatic rings. The minimum atomic E-state index is -0.594. The van der Waals surface area contributed by atoms with E-state index in [4.69, 9.17) is 14.2 Å². The SMILES string of the molecule is CC(=O)O[C@]12O[C@H]1C[C@@H]1[C@@H]3CC[C@H]4C[C@@H]5O[C@@H]5C[C@]4(C)[C@H]3CC[C@]12C. The first-order valence-corrected chi connectivity index (χ1v) is 10.4. The lowest BCUT2D eigenvalue weighted by atomic mass is 9.45. The predicted octanol–water partition coefficient (Wildman–Crippen LogP) is 3.67. The first kappa shape index (κ1) is 15.4. The third kappa shape index (κ3) is 1.74. The van der Waals surface area contributed by atoms with Crippen molar-refractivity contribution in [3.05, 3.63) is 0 Å². The number of rotatable bonds is 1. The van der Waals surface area contributed by atoms with Gasteiger partial charge in [0.2, 0.25) is 5.79 Å². The van der Waals surface area contributed by atoms with Crippen LogP contribution in [0.25, 0.3) is 0 Å². The van der Waals surface area contributed by atoms with E-state index >= 15 is 0 Å². The normalized spacial score (nSPS) is 63.4. The van der Waals surface area contributed by atoms with Gasteiger partial charge in [0, 0.05) is 12.3 Å². The minimum absolute atomic E-state index is 0.0149. The summed E-state index contributed by atoms with van der Waals surface area (Å²) < 4.78 is 17.7. The highest BCUT2D eigenvalue weighted by atomic mass is 16.8. The topological polar surface area (TPSA) is 51.4 Å². The quantitative estimate of drug-likeness (QED) is 0.537. The number of fused-ring (bicyclic) bond motifs is 8. The summed E-state index contributed by atoms with van der Waals surface area (Å²) in [5.74, 6) is 2.33. The molecule has 2 aliphatic heterocycles. The van der Waals surface area contributed by atoms with Crippen LogP contribution >= 0.6 is 0 Å². The average Bonchev–Trinajstić information content (AvgIpc) is 3.42. The minimum Gasteiger partial charge on any atom is -0.430 e. The van der Waals surface area contributed by atoms with Crippen molar-refractivity contribution >= 4 is 5.97 Å². The third-order valence-electron chi connectivity index (χ3n) is 9.54. The summed E-state index contributed by atoms with van der Waals surface area (Å²) in [5, 5.41) is 0. The van der Waals surface area contributed by atoms with Gasteiger partial charge in [-0.15, -0.1) is 0 Å². The molecular formula is C21H30O4. The lowest BCUT2D eigenvalue weighted by molar-refractivity contribution is -0.198. The molecule has 2 saturated heterocycles. The van der Waals surface area contributed by atoms with Gasteiger partial charge in [-0.3, -0.25) is 4.79 Å². The molecular weight excluding hydrogens is 316 g/mol. The Kier molecular flexibility index (Phi) is 2.74. The first-order valence-electron chi connectivity index (χ1n) is 10.4. The summed E-state index contributed by atoms with van der Waals surface area (Å²) in [7, 11) is 0. The number of epoxide rings is 2. The maximum atomic E-state index is 11.7. The Morgan fingerprint density at radius 2 is 1.92 bits per heavy atom. The molecule has 0 aromatic carbocycles. The second-order valence-electron chi connectivity index (χ2n) is 10.4. The fourth-order valence-corrected chi connectivity index (χ4v) is 8.24. The molecule has 4 aliphatic carbocycles. The Balaban J connectivity index is 1.32. The van der Waals surface area contributed by atoms with Crippen molar-refractivity contribution in [1.82, 2.24) is 0 Å². The lowest BCUT2D eigenvalue weighted by Gasteiger charge is -2.60. The zero-order valence-electron chi connectivity index (χ0n) is 15.6. The van der Waals surface area contributed by atoms with E-state index in [-0.39, 0.29) is 17.5 Å². The number of esters is 1. The van der Waals surface area contributed by atoms with Crippen LogP contribution in [0.3, 0.4) is 0 Å². The molecule has 6 fully saturated rings. The molecule has 4 nitrogen and oxygen atoms in total. The van der Waals surface area contributed by atoms with E-state index in [9.17, 15) is 4.79 Å². The van der Waals surface area contributed by atoms with Gasteiger partial charge in [-0.05, 0) is 74.0 Å². The molecule has 0 amide bonds. The van der Waals surface area contributed by atoms with Gasteiger partial charge in [0.1, 0.15) is 6.10 Å². The second-order valence-corrected chi connectivity index (χ2v) is 10.4. The Bertz CT molecular complexity index is 648. The molecule has 0 aromatic rings. The standard InChI is InChI=1S/C21H30O4/c1-11(22)24-21-18(25-21)9-15-13-5-4-12-8-16-17(23-16)10-19(12,2)14(13)6-7-20(15,21)3/h12-18H,4-10H2,1-3H3/t12-,13+,14-,15+,16-,17+,18-,19-,20+,21-/m0/s1. The summed E-state index contributed by atoms with van der Waals surface area (Å²) in [5.41, 5.74) is 0.477. The average molecular weight is 346 g/mol. The molecule has 4 saturated carbocycles. The van der Waals surface area contributed by atoms with E-state index in [2.05, 4.69) is 13.8 Å². The fraction of sp³-hybridized carbons (Fsp3) is 0.952. The molecule has 0 unspecified atom stereocenters. The van der Waals surface area contributed by atoms with E-state index in [1.165, 1.54) is 39.0 Å². The molecule has 10 atom stereocenters. The largest absolute Gasteiger partial charge is 0.430 e. The van der Waals surface area contributed by atoms with Crippen LogP contribution in [-0.2, 0) is 19.0 Å². The number of hydrogen-bond acceptors (Lipinski definition) is 4. The van der Waals surface area contributed by atoms with Crippen molar-refractivity contribution in [3.63, 3.8) is 0 Å². The van der Waals surface area contributed by atoms with Crippen molar-refractivity contribution in [1.29, 1.82) is 0 Å². The van der Waals surface area contributed by atoms with Crippen molar-refractivity contribution in [2.24, 2.45) is 34.5 Å². The summed E-state index contributed by atoms with van der Waals surface area (Å²) in [4.78, 5) is 11.7. The molecule has 0 radical (unpaired) electrons. The molecule has 0 bridgehead atoms. The number of hydrogen-bond donors (Lipinski definition) is 0. The Morgan fingerprint density at radius 1 is 1.08 bits per heavy atom. The number of ether oxygens (including phenoxy) is 3. The summed E-state index contributed by atoms with van der Waals surface area (Å²) >= 11 is 0. The zero-order chi connectivity index (χ0) is 17.2.